The second-order valence-corrected chi connectivity index (χ2v) is 7.42. The number of ether oxygens (including phenoxy) is 1. The van der Waals surface area contributed by atoms with Crippen LogP contribution < -0.4 is 10.6 Å². The molecule has 0 aliphatic carbocycles. The van der Waals surface area contributed by atoms with E-state index < -0.39 is 23.5 Å². The summed E-state index contributed by atoms with van der Waals surface area (Å²) in [6, 6.07) is 5.21. The molecule has 0 aromatic heterocycles. The lowest BCUT2D eigenvalue weighted by Crippen LogP contribution is -2.39. The molecule has 1 atom stereocenters. The number of nitrogens with zero attached hydrogens (tertiary/aromatic N) is 1. The highest BCUT2D eigenvalue weighted by atomic mass is 35.5. The van der Waals surface area contributed by atoms with Crippen molar-refractivity contribution < 1.29 is 19.1 Å². The number of carbonyl (C=O) groups excluding carboxylic acids is 3. The van der Waals surface area contributed by atoms with Gasteiger partial charge in [-0.25, -0.2) is 4.79 Å². The topological polar surface area (TPSA) is 108 Å². The number of hydrogen-bond donors (Lipinski definition) is 2. The van der Waals surface area contributed by atoms with E-state index in [1.165, 1.54) is 0 Å². The van der Waals surface area contributed by atoms with Gasteiger partial charge in [0.05, 0.1) is 17.6 Å². The van der Waals surface area contributed by atoms with Gasteiger partial charge in [-0.2, -0.15) is 5.26 Å². The molecule has 26 heavy (non-hydrogen) atoms. The van der Waals surface area contributed by atoms with Crippen LogP contribution >= 0.6 is 11.6 Å². The summed E-state index contributed by atoms with van der Waals surface area (Å²) in [5.41, 5.74) is 0.636. The Balaban J connectivity index is 2.19. The molecule has 1 aliphatic heterocycles. The van der Waals surface area contributed by atoms with Crippen LogP contribution in [0.3, 0.4) is 0 Å². The lowest BCUT2D eigenvalue weighted by atomic mass is 9.87. The largest absolute Gasteiger partial charge is 0.444 e. The fraction of sp³-hybridized carbons (Fsp3) is 0.444. The van der Waals surface area contributed by atoms with Crippen LogP contribution in [-0.4, -0.2) is 23.5 Å². The van der Waals surface area contributed by atoms with Gasteiger partial charge in [0, 0.05) is 23.6 Å². The van der Waals surface area contributed by atoms with E-state index in [9.17, 15) is 19.6 Å². The molecule has 1 heterocycles. The van der Waals surface area contributed by atoms with Crippen LogP contribution in [0.5, 0.6) is 0 Å². The summed E-state index contributed by atoms with van der Waals surface area (Å²) in [5, 5.41) is 14.6. The smallest absolute Gasteiger partial charge is 0.407 e. The first-order valence-corrected chi connectivity index (χ1v) is 8.51. The number of rotatable bonds is 3. The SMILES string of the molecule is CC(C)(C)OC(=O)NCc1cc(Cl)c(C2CCC(=O)NC2=O)c(C#N)c1. The number of hydrogen-bond acceptors (Lipinski definition) is 5. The van der Waals surface area contributed by atoms with E-state index in [2.05, 4.69) is 10.6 Å². The normalized spacial score (nSPS) is 17.3. The Labute approximate surface area is 156 Å². The molecule has 138 valence electrons. The summed E-state index contributed by atoms with van der Waals surface area (Å²) in [6.45, 7) is 5.39. The molecule has 1 aliphatic rings. The van der Waals surface area contributed by atoms with Crippen LogP contribution in [0.2, 0.25) is 5.02 Å². The zero-order chi connectivity index (χ0) is 19.5. The highest BCUT2D eigenvalue weighted by molar-refractivity contribution is 6.32. The van der Waals surface area contributed by atoms with Gasteiger partial charge in [0.2, 0.25) is 11.8 Å². The van der Waals surface area contributed by atoms with Gasteiger partial charge in [-0.15, -0.1) is 0 Å². The number of piperidine rings is 1. The molecule has 2 N–H and O–H groups in total. The minimum Gasteiger partial charge on any atom is -0.444 e. The second-order valence-electron chi connectivity index (χ2n) is 7.01. The molecule has 3 amide bonds. The molecule has 1 unspecified atom stereocenters. The van der Waals surface area contributed by atoms with Gasteiger partial charge in [0.1, 0.15) is 5.60 Å². The van der Waals surface area contributed by atoms with Gasteiger partial charge < -0.3 is 10.1 Å². The minimum absolute atomic E-state index is 0.124. The van der Waals surface area contributed by atoms with Crippen LogP contribution in [-0.2, 0) is 20.9 Å². The van der Waals surface area contributed by atoms with Crippen LogP contribution in [0.25, 0.3) is 0 Å². The molecule has 1 aromatic carbocycles. The molecule has 0 radical (unpaired) electrons. The van der Waals surface area contributed by atoms with Gasteiger partial charge in [-0.05, 0) is 44.9 Å². The van der Waals surface area contributed by atoms with Gasteiger partial charge in [0.15, 0.2) is 0 Å². The molecule has 0 saturated carbocycles. The third-order valence-corrected chi connectivity index (χ3v) is 4.05. The van der Waals surface area contributed by atoms with E-state index >= 15 is 0 Å². The van der Waals surface area contributed by atoms with Crippen LogP contribution in [0.1, 0.15) is 56.2 Å². The summed E-state index contributed by atoms with van der Waals surface area (Å²) < 4.78 is 5.16. The van der Waals surface area contributed by atoms with Crippen molar-refractivity contribution in [1.29, 1.82) is 5.26 Å². The van der Waals surface area contributed by atoms with Crippen molar-refractivity contribution in [3.8, 4) is 6.07 Å². The number of imide groups is 1. The third-order valence-electron chi connectivity index (χ3n) is 3.73. The molecule has 1 saturated heterocycles. The van der Waals surface area contributed by atoms with Gasteiger partial charge in [-0.1, -0.05) is 11.6 Å². The monoisotopic (exact) mass is 377 g/mol. The van der Waals surface area contributed by atoms with Crippen molar-refractivity contribution in [2.75, 3.05) is 0 Å². The Morgan fingerprint density at radius 1 is 1.42 bits per heavy atom. The number of nitrogens with one attached hydrogen (secondary N) is 2. The van der Waals surface area contributed by atoms with Crippen molar-refractivity contribution in [3.63, 3.8) is 0 Å². The summed E-state index contributed by atoms with van der Waals surface area (Å²) >= 11 is 6.31. The van der Waals surface area contributed by atoms with Crippen LogP contribution in [0.4, 0.5) is 4.79 Å². The first-order valence-electron chi connectivity index (χ1n) is 8.13. The lowest BCUT2D eigenvalue weighted by molar-refractivity contribution is -0.134. The van der Waals surface area contributed by atoms with Gasteiger partial charge in [0.25, 0.3) is 0 Å². The van der Waals surface area contributed by atoms with Crippen molar-refractivity contribution in [3.05, 3.63) is 33.8 Å². The Morgan fingerprint density at radius 3 is 2.69 bits per heavy atom. The first kappa shape index (κ1) is 19.7. The van der Waals surface area contributed by atoms with Crippen molar-refractivity contribution in [2.45, 2.75) is 51.7 Å². The summed E-state index contributed by atoms with van der Waals surface area (Å²) in [5.74, 6) is -1.44. The molecule has 1 aromatic rings. The number of amides is 3. The summed E-state index contributed by atoms with van der Waals surface area (Å²) in [7, 11) is 0. The van der Waals surface area contributed by atoms with Gasteiger partial charge in [-0.3, -0.25) is 14.9 Å². The number of benzene rings is 1. The zero-order valence-electron chi connectivity index (χ0n) is 14.8. The molecule has 7 nitrogen and oxygen atoms in total. The summed E-state index contributed by atoms with van der Waals surface area (Å²) in [6.07, 6.45) is -0.0879. The number of carbonyl (C=O) groups is 3. The molecular weight excluding hydrogens is 358 g/mol. The second kappa shape index (κ2) is 7.75. The third kappa shape index (κ3) is 4.96. The Morgan fingerprint density at radius 2 is 2.12 bits per heavy atom. The van der Waals surface area contributed by atoms with Crippen molar-refractivity contribution in [1.82, 2.24) is 10.6 Å². The maximum atomic E-state index is 12.1. The van der Waals surface area contributed by atoms with E-state index in [1.54, 1.807) is 32.9 Å². The fourth-order valence-electron chi connectivity index (χ4n) is 2.68. The standard InChI is InChI=1S/C18H20ClN3O4/c1-18(2,3)26-17(25)21-9-10-6-11(8-20)15(13(19)7-10)12-4-5-14(23)22-16(12)24/h6-7,12H,4-5,9H2,1-3H3,(H,21,25)(H,22,23,24). The Kier molecular flexibility index (Phi) is 5.88. The molecule has 8 heteroatoms. The summed E-state index contributed by atoms with van der Waals surface area (Å²) in [4.78, 5) is 35.1. The first-order chi connectivity index (χ1) is 12.1. The quantitative estimate of drug-likeness (QED) is 0.787. The van der Waals surface area contributed by atoms with Crippen LogP contribution in [0.15, 0.2) is 12.1 Å². The molecular formula is C18H20ClN3O4. The predicted molar refractivity (Wildman–Crippen MR) is 94.4 cm³/mol. The highest BCUT2D eigenvalue weighted by Gasteiger charge is 2.31. The van der Waals surface area contributed by atoms with Crippen molar-refractivity contribution in [2.24, 2.45) is 0 Å². The number of alkyl carbamates (subject to hydrolysis) is 1. The minimum atomic E-state index is -0.650. The lowest BCUT2D eigenvalue weighted by Gasteiger charge is -2.23. The molecule has 2 rings (SSSR count). The van der Waals surface area contributed by atoms with Crippen LogP contribution in [0, 0.1) is 11.3 Å². The number of nitriles is 1. The number of halogens is 1. The Hall–Kier alpha value is -2.59. The molecule has 0 spiro atoms. The highest BCUT2D eigenvalue weighted by Crippen LogP contribution is 2.34. The average molecular weight is 378 g/mol. The maximum Gasteiger partial charge on any atom is 0.407 e. The van der Waals surface area contributed by atoms with Crippen molar-refractivity contribution >= 4 is 29.5 Å². The van der Waals surface area contributed by atoms with E-state index in [4.69, 9.17) is 16.3 Å². The molecule has 0 bridgehead atoms. The Bertz CT molecular complexity index is 793. The zero-order valence-corrected chi connectivity index (χ0v) is 15.6. The van der Waals surface area contributed by atoms with Gasteiger partial charge >= 0.3 is 6.09 Å². The van der Waals surface area contributed by atoms with E-state index in [0.717, 1.165) is 0 Å². The van der Waals surface area contributed by atoms with E-state index in [-0.39, 0.29) is 29.5 Å². The van der Waals surface area contributed by atoms with E-state index in [1.807, 2.05) is 6.07 Å². The average Bonchev–Trinajstić information content (AvgIpc) is 2.51. The predicted octanol–water partition coefficient (Wildman–Crippen LogP) is 2.76. The maximum absolute atomic E-state index is 12.1. The fourth-order valence-corrected chi connectivity index (χ4v) is 3.05. The van der Waals surface area contributed by atoms with E-state index in [0.29, 0.717) is 17.5 Å². The molecule has 1 fully saturated rings.